The number of carbonyl (C=O) groups is 1. The SMILES string of the molecule is COc1cc(C(=O)N[C@H]2CCCNC2)ccc1OC(C)C.Cl. The molecule has 0 bridgehead atoms. The predicted octanol–water partition coefficient (Wildman–Crippen LogP) is 2.39. The van der Waals surface area contributed by atoms with E-state index in [1.165, 1.54) is 0 Å². The van der Waals surface area contributed by atoms with Gasteiger partial charge >= 0.3 is 0 Å². The Bertz CT molecular complexity index is 488. The lowest BCUT2D eigenvalue weighted by Gasteiger charge is -2.24. The Hall–Kier alpha value is -1.46. The Kier molecular flexibility index (Phi) is 7.48. The topological polar surface area (TPSA) is 59.6 Å². The van der Waals surface area contributed by atoms with Crippen molar-refractivity contribution in [3.05, 3.63) is 23.8 Å². The van der Waals surface area contributed by atoms with Gasteiger partial charge in [-0.1, -0.05) is 0 Å². The molecule has 1 aromatic rings. The quantitative estimate of drug-likeness (QED) is 0.871. The lowest BCUT2D eigenvalue weighted by Crippen LogP contribution is -2.45. The van der Waals surface area contributed by atoms with Crippen LogP contribution in [0.5, 0.6) is 11.5 Å². The number of ether oxygens (including phenoxy) is 2. The monoisotopic (exact) mass is 328 g/mol. The number of rotatable bonds is 5. The van der Waals surface area contributed by atoms with E-state index in [1.54, 1.807) is 25.3 Å². The van der Waals surface area contributed by atoms with Gasteiger partial charge in [-0.15, -0.1) is 12.4 Å². The third-order valence-corrected chi connectivity index (χ3v) is 3.42. The molecule has 5 nitrogen and oxygen atoms in total. The molecule has 0 radical (unpaired) electrons. The first kappa shape index (κ1) is 18.6. The molecule has 6 heteroatoms. The van der Waals surface area contributed by atoms with Crippen LogP contribution >= 0.6 is 12.4 Å². The van der Waals surface area contributed by atoms with Crippen molar-refractivity contribution in [2.45, 2.75) is 38.8 Å². The van der Waals surface area contributed by atoms with Gasteiger partial charge in [-0.05, 0) is 51.4 Å². The van der Waals surface area contributed by atoms with E-state index < -0.39 is 0 Å². The third-order valence-electron chi connectivity index (χ3n) is 3.42. The fourth-order valence-electron chi connectivity index (χ4n) is 2.40. The van der Waals surface area contributed by atoms with Gasteiger partial charge in [0.05, 0.1) is 13.2 Å². The molecule has 1 fully saturated rings. The number of halogens is 1. The van der Waals surface area contributed by atoms with Gasteiger partial charge in [-0.3, -0.25) is 4.79 Å². The van der Waals surface area contributed by atoms with Crippen LogP contribution in [0.3, 0.4) is 0 Å². The summed E-state index contributed by atoms with van der Waals surface area (Å²) in [5.41, 5.74) is 0.591. The van der Waals surface area contributed by atoms with Crippen molar-refractivity contribution in [3.8, 4) is 11.5 Å². The van der Waals surface area contributed by atoms with Crippen LogP contribution in [0.15, 0.2) is 18.2 Å². The van der Waals surface area contributed by atoms with E-state index >= 15 is 0 Å². The van der Waals surface area contributed by atoms with Gasteiger partial charge in [0.15, 0.2) is 11.5 Å². The van der Waals surface area contributed by atoms with Crippen LogP contribution in [0.4, 0.5) is 0 Å². The number of methoxy groups -OCH3 is 1. The summed E-state index contributed by atoms with van der Waals surface area (Å²) in [4.78, 5) is 12.3. The van der Waals surface area contributed by atoms with E-state index in [-0.39, 0.29) is 30.5 Å². The highest BCUT2D eigenvalue weighted by atomic mass is 35.5. The molecule has 1 heterocycles. The second kappa shape index (κ2) is 8.86. The van der Waals surface area contributed by atoms with Crippen LogP contribution in [0.2, 0.25) is 0 Å². The maximum atomic E-state index is 12.3. The van der Waals surface area contributed by atoms with Gasteiger partial charge in [-0.2, -0.15) is 0 Å². The van der Waals surface area contributed by atoms with E-state index in [0.29, 0.717) is 17.1 Å². The average molecular weight is 329 g/mol. The zero-order valence-electron chi connectivity index (χ0n) is 13.3. The lowest BCUT2D eigenvalue weighted by atomic mass is 10.1. The fraction of sp³-hybridized carbons (Fsp3) is 0.562. The summed E-state index contributed by atoms with van der Waals surface area (Å²) >= 11 is 0. The van der Waals surface area contributed by atoms with Crippen molar-refractivity contribution < 1.29 is 14.3 Å². The average Bonchev–Trinajstić information content (AvgIpc) is 2.48. The third kappa shape index (κ3) is 5.07. The van der Waals surface area contributed by atoms with E-state index in [0.717, 1.165) is 25.9 Å². The first-order valence-electron chi connectivity index (χ1n) is 7.46. The normalized spacial score (nSPS) is 17.5. The molecule has 1 atom stereocenters. The van der Waals surface area contributed by atoms with Crippen molar-refractivity contribution in [2.75, 3.05) is 20.2 Å². The predicted molar refractivity (Wildman–Crippen MR) is 89.4 cm³/mol. The fourth-order valence-corrected chi connectivity index (χ4v) is 2.40. The van der Waals surface area contributed by atoms with Crippen molar-refractivity contribution in [2.24, 2.45) is 0 Å². The molecule has 1 aromatic carbocycles. The number of nitrogens with one attached hydrogen (secondary N) is 2. The molecule has 1 amide bonds. The smallest absolute Gasteiger partial charge is 0.251 e. The van der Waals surface area contributed by atoms with Gasteiger partial charge < -0.3 is 20.1 Å². The highest BCUT2D eigenvalue weighted by Gasteiger charge is 2.17. The molecule has 0 unspecified atom stereocenters. The molecule has 1 aliphatic rings. The number of piperidine rings is 1. The first-order chi connectivity index (χ1) is 10.1. The zero-order chi connectivity index (χ0) is 15.2. The molecule has 2 rings (SSSR count). The van der Waals surface area contributed by atoms with Crippen molar-refractivity contribution in [3.63, 3.8) is 0 Å². The Morgan fingerprint density at radius 3 is 2.73 bits per heavy atom. The first-order valence-corrected chi connectivity index (χ1v) is 7.46. The number of amides is 1. The van der Waals surface area contributed by atoms with Crippen LogP contribution in [-0.2, 0) is 0 Å². The maximum Gasteiger partial charge on any atom is 0.251 e. The second-order valence-electron chi connectivity index (χ2n) is 5.55. The van der Waals surface area contributed by atoms with Crippen LogP contribution in [0.25, 0.3) is 0 Å². The molecule has 0 aromatic heterocycles. The van der Waals surface area contributed by atoms with E-state index in [2.05, 4.69) is 10.6 Å². The Morgan fingerprint density at radius 2 is 2.14 bits per heavy atom. The minimum Gasteiger partial charge on any atom is -0.493 e. The van der Waals surface area contributed by atoms with Crippen molar-refractivity contribution in [1.82, 2.24) is 10.6 Å². The van der Waals surface area contributed by atoms with Gasteiger partial charge in [0, 0.05) is 18.2 Å². The number of benzene rings is 1. The van der Waals surface area contributed by atoms with Gasteiger partial charge in [-0.25, -0.2) is 0 Å². The molecule has 1 saturated heterocycles. The van der Waals surface area contributed by atoms with E-state index in [4.69, 9.17) is 9.47 Å². The molecular formula is C16H25ClN2O3. The largest absolute Gasteiger partial charge is 0.493 e. The summed E-state index contributed by atoms with van der Waals surface area (Å²) in [5, 5.41) is 6.33. The lowest BCUT2D eigenvalue weighted by molar-refractivity contribution is 0.0930. The summed E-state index contributed by atoms with van der Waals surface area (Å²) in [6.45, 7) is 5.77. The highest BCUT2D eigenvalue weighted by molar-refractivity contribution is 5.95. The maximum absolute atomic E-state index is 12.3. The highest BCUT2D eigenvalue weighted by Crippen LogP contribution is 2.29. The molecule has 0 spiro atoms. The van der Waals surface area contributed by atoms with Crippen LogP contribution in [0, 0.1) is 0 Å². The van der Waals surface area contributed by atoms with Gasteiger partial charge in [0.1, 0.15) is 0 Å². The zero-order valence-corrected chi connectivity index (χ0v) is 14.2. The number of hydrogen-bond acceptors (Lipinski definition) is 4. The van der Waals surface area contributed by atoms with Crippen LogP contribution in [0.1, 0.15) is 37.0 Å². The molecular weight excluding hydrogens is 304 g/mol. The summed E-state index contributed by atoms with van der Waals surface area (Å²) in [6, 6.07) is 5.48. The second-order valence-corrected chi connectivity index (χ2v) is 5.55. The van der Waals surface area contributed by atoms with E-state index in [1.807, 2.05) is 13.8 Å². The molecule has 22 heavy (non-hydrogen) atoms. The van der Waals surface area contributed by atoms with Crippen LogP contribution < -0.4 is 20.1 Å². The summed E-state index contributed by atoms with van der Waals surface area (Å²) < 4.78 is 11.0. The van der Waals surface area contributed by atoms with Gasteiger partial charge in [0.25, 0.3) is 5.91 Å². The molecule has 124 valence electrons. The Balaban J connectivity index is 0.00000242. The van der Waals surface area contributed by atoms with Crippen molar-refractivity contribution >= 4 is 18.3 Å². The molecule has 1 aliphatic heterocycles. The van der Waals surface area contributed by atoms with E-state index in [9.17, 15) is 4.79 Å². The number of carbonyl (C=O) groups excluding carboxylic acids is 1. The minimum atomic E-state index is -0.0712. The summed E-state index contributed by atoms with van der Waals surface area (Å²) in [5.74, 6) is 1.17. The molecule has 0 aliphatic carbocycles. The Morgan fingerprint density at radius 1 is 1.36 bits per heavy atom. The summed E-state index contributed by atoms with van der Waals surface area (Å²) in [7, 11) is 1.58. The minimum absolute atomic E-state index is 0. The van der Waals surface area contributed by atoms with Crippen molar-refractivity contribution in [1.29, 1.82) is 0 Å². The number of hydrogen-bond donors (Lipinski definition) is 2. The Labute approximate surface area is 138 Å². The summed E-state index contributed by atoms with van der Waals surface area (Å²) in [6.07, 6.45) is 2.17. The molecule has 0 saturated carbocycles. The van der Waals surface area contributed by atoms with Gasteiger partial charge in [0.2, 0.25) is 0 Å². The molecule has 2 N–H and O–H groups in total. The van der Waals surface area contributed by atoms with Crippen LogP contribution in [-0.4, -0.2) is 38.3 Å². The standard InChI is InChI=1S/C16H24N2O3.ClH/c1-11(2)21-14-7-6-12(9-15(14)20-3)16(19)18-13-5-4-8-17-10-13;/h6-7,9,11,13,17H,4-5,8,10H2,1-3H3,(H,18,19);1H/t13-;/m0./s1.